The lowest BCUT2D eigenvalue weighted by atomic mass is 10.2. The van der Waals surface area contributed by atoms with Gasteiger partial charge in [-0.1, -0.05) is 0 Å². The largest absolute Gasteiger partial charge is 0.493 e. The number of ether oxygens (including phenoxy) is 3. The molecule has 0 bridgehead atoms. The first-order chi connectivity index (χ1) is 10.2. The van der Waals surface area contributed by atoms with Crippen molar-refractivity contribution in [3.63, 3.8) is 0 Å². The maximum atomic E-state index is 5.71. The van der Waals surface area contributed by atoms with Crippen molar-refractivity contribution < 1.29 is 14.2 Å². The summed E-state index contributed by atoms with van der Waals surface area (Å²) in [6.45, 7) is 0.914. The van der Waals surface area contributed by atoms with Crippen molar-refractivity contribution in [1.29, 1.82) is 0 Å². The summed E-state index contributed by atoms with van der Waals surface area (Å²) in [4.78, 5) is 11.6. The van der Waals surface area contributed by atoms with Crippen LogP contribution in [-0.4, -0.2) is 42.4 Å². The maximum absolute atomic E-state index is 5.71. The molecule has 1 aromatic heterocycles. The number of halogens is 1. The van der Waals surface area contributed by atoms with Crippen LogP contribution in [0.2, 0.25) is 5.28 Å². The Bertz CT molecular complexity index is 597. The van der Waals surface area contributed by atoms with Gasteiger partial charge in [0.2, 0.25) is 11.2 Å². The van der Waals surface area contributed by atoms with Gasteiger partial charge in [0.05, 0.1) is 13.7 Å². The second-order valence-corrected chi connectivity index (χ2v) is 4.25. The fourth-order valence-corrected chi connectivity index (χ4v) is 1.69. The first kappa shape index (κ1) is 15.3. The van der Waals surface area contributed by atoms with Crippen molar-refractivity contribution in [2.24, 2.45) is 0 Å². The van der Waals surface area contributed by atoms with E-state index >= 15 is 0 Å². The number of nitrogens with one attached hydrogen (secondary N) is 1. The molecular weight excluding hydrogens is 296 g/mol. The Morgan fingerprint density at radius 3 is 2.71 bits per heavy atom. The van der Waals surface area contributed by atoms with E-state index in [0.29, 0.717) is 30.7 Å². The van der Waals surface area contributed by atoms with Crippen molar-refractivity contribution in [2.75, 3.05) is 32.8 Å². The summed E-state index contributed by atoms with van der Waals surface area (Å²) < 4.78 is 15.8. The molecular formula is C13H15ClN4O3. The van der Waals surface area contributed by atoms with Crippen LogP contribution in [0.1, 0.15) is 0 Å². The zero-order valence-corrected chi connectivity index (χ0v) is 12.4. The number of rotatable bonds is 7. The van der Waals surface area contributed by atoms with E-state index in [0.717, 1.165) is 5.69 Å². The molecule has 7 nitrogen and oxygen atoms in total. The minimum absolute atomic E-state index is 0.123. The molecule has 2 rings (SSSR count). The van der Waals surface area contributed by atoms with E-state index in [-0.39, 0.29) is 5.28 Å². The highest BCUT2D eigenvalue weighted by molar-refractivity contribution is 6.28. The highest BCUT2D eigenvalue weighted by atomic mass is 35.5. The van der Waals surface area contributed by atoms with Crippen LogP contribution in [0.25, 0.3) is 0 Å². The van der Waals surface area contributed by atoms with Crippen LogP contribution in [0, 0.1) is 0 Å². The van der Waals surface area contributed by atoms with Gasteiger partial charge in [0.15, 0.2) is 11.5 Å². The summed E-state index contributed by atoms with van der Waals surface area (Å²) in [5.41, 5.74) is 0.741. The molecule has 0 saturated heterocycles. The number of nitrogens with zero attached hydrogens (tertiary/aromatic N) is 3. The van der Waals surface area contributed by atoms with Crippen molar-refractivity contribution in [3.05, 3.63) is 29.8 Å². The molecule has 0 aliphatic heterocycles. The molecule has 1 N–H and O–H groups in total. The SMILES string of the molecule is COCCOc1cc(Nc2ncnc(Cl)n2)ccc1OC. The normalized spacial score (nSPS) is 10.2. The van der Waals surface area contributed by atoms with E-state index in [9.17, 15) is 0 Å². The van der Waals surface area contributed by atoms with Crippen LogP contribution in [0.15, 0.2) is 24.5 Å². The van der Waals surface area contributed by atoms with Crippen molar-refractivity contribution in [2.45, 2.75) is 0 Å². The Kier molecular flexibility index (Phi) is 5.53. The lowest BCUT2D eigenvalue weighted by molar-refractivity contribution is 0.144. The van der Waals surface area contributed by atoms with Gasteiger partial charge in [-0.2, -0.15) is 4.98 Å². The molecule has 0 amide bonds. The van der Waals surface area contributed by atoms with Crippen LogP contribution in [0.3, 0.4) is 0 Å². The smallest absolute Gasteiger partial charge is 0.231 e. The molecule has 21 heavy (non-hydrogen) atoms. The van der Waals surface area contributed by atoms with Gasteiger partial charge in [-0.25, -0.2) is 9.97 Å². The summed E-state index contributed by atoms with van der Waals surface area (Å²) in [6, 6.07) is 5.39. The van der Waals surface area contributed by atoms with Gasteiger partial charge >= 0.3 is 0 Å². The molecule has 2 aromatic rings. The van der Waals surface area contributed by atoms with Crippen LogP contribution in [0.4, 0.5) is 11.6 Å². The van der Waals surface area contributed by atoms with Gasteiger partial charge in [-0.05, 0) is 23.7 Å². The molecule has 0 spiro atoms. The molecule has 8 heteroatoms. The third-order valence-electron chi connectivity index (χ3n) is 2.51. The van der Waals surface area contributed by atoms with E-state index in [1.54, 1.807) is 26.4 Å². The van der Waals surface area contributed by atoms with E-state index in [1.165, 1.54) is 6.33 Å². The van der Waals surface area contributed by atoms with Gasteiger partial charge in [-0.3, -0.25) is 0 Å². The zero-order valence-electron chi connectivity index (χ0n) is 11.7. The molecule has 0 saturated carbocycles. The number of anilines is 2. The molecule has 1 heterocycles. The van der Waals surface area contributed by atoms with Crippen LogP contribution < -0.4 is 14.8 Å². The third-order valence-corrected chi connectivity index (χ3v) is 2.69. The summed E-state index contributed by atoms with van der Waals surface area (Å²) in [7, 11) is 3.19. The van der Waals surface area contributed by atoms with Crippen LogP contribution in [-0.2, 0) is 4.74 Å². The first-order valence-electron chi connectivity index (χ1n) is 6.14. The minimum atomic E-state index is 0.123. The Morgan fingerprint density at radius 2 is 2.00 bits per heavy atom. The average Bonchev–Trinajstić information content (AvgIpc) is 2.48. The highest BCUT2D eigenvalue weighted by Crippen LogP contribution is 2.31. The lowest BCUT2D eigenvalue weighted by Crippen LogP contribution is -2.06. The van der Waals surface area contributed by atoms with Crippen molar-refractivity contribution in [3.8, 4) is 11.5 Å². The van der Waals surface area contributed by atoms with E-state index in [4.69, 9.17) is 25.8 Å². The predicted octanol–water partition coefficient (Wildman–Crippen LogP) is 2.30. The van der Waals surface area contributed by atoms with Crippen molar-refractivity contribution >= 4 is 23.2 Å². The second-order valence-electron chi connectivity index (χ2n) is 3.91. The monoisotopic (exact) mass is 310 g/mol. The molecule has 0 fully saturated rings. The zero-order chi connectivity index (χ0) is 15.1. The molecule has 0 aliphatic rings. The Labute approximate surface area is 127 Å². The topological polar surface area (TPSA) is 78.4 Å². The van der Waals surface area contributed by atoms with Crippen LogP contribution in [0.5, 0.6) is 11.5 Å². The highest BCUT2D eigenvalue weighted by Gasteiger charge is 2.07. The molecule has 0 radical (unpaired) electrons. The summed E-state index contributed by atoms with van der Waals surface area (Å²) in [6.07, 6.45) is 1.33. The molecule has 0 unspecified atom stereocenters. The van der Waals surface area contributed by atoms with Crippen LogP contribution >= 0.6 is 11.6 Å². The summed E-state index contributed by atoms with van der Waals surface area (Å²) in [5, 5.41) is 3.14. The third kappa shape index (κ3) is 4.44. The minimum Gasteiger partial charge on any atom is -0.493 e. The number of methoxy groups -OCH3 is 2. The number of hydrogen-bond acceptors (Lipinski definition) is 7. The van der Waals surface area contributed by atoms with Gasteiger partial charge in [0.1, 0.15) is 12.9 Å². The summed E-state index contributed by atoms with van der Waals surface area (Å²) in [5.74, 6) is 1.58. The Hall–Kier alpha value is -2.12. The molecule has 0 aliphatic carbocycles. The summed E-state index contributed by atoms with van der Waals surface area (Å²) >= 11 is 5.71. The van der Waals surface area contributed by atoms with Gasteiger partial charge in [-0.15, -0.1) is 0 Å². The fraction of sp³-hybridized carbons (Fsp3) is 0.308. The molecule has 1 aromatic carbocycles. The average molecular weight is 311 g/mol. The fourth-order valence-electron chi connectivity index (χ4n) is 1.57. The maximum Gasteiger partial charge on any atom is 0.231 e. The van der Waals surface area contributed by atoms with E-state index < -0.39 is 0 Å². The Balaban J connectivity index is 2.14. The number of benzene rings is 1. The number of aromatic nitrogens is 3. The molecule has 0 atom stereocenters. The lowest BCUT2D eigenvalue weighted by Gasteiger charge is -2.12. The van der Waals surface area contributed by atoms with E-state index in [2.05, 4.69) is 20.3 Å². The molecule has 112 valence electrons. The van der Waals surface area contributed by atoms with Gasteiger partial charge in [0.25, 0.3) is 0 Å². The quantitative estimate of drug-likeness (QED) is 0.786. The standard InChI is InChI=1S/C13H15ClN4O3/c1-19-5-6-21-11-7-9(3-4-10(11)20-2)17-13-16-8-15-12(14)18-13/h3-4,7-8H,5-6H2,1-2H3,(H,15,16,17,18). The number of hydrogen-bond donors (Lipinski definition) is 1. The Morgan fingerprint density at radius 1 is 1.14 bits per heavy atom. The van der Waals surface area contributed by atoms with Gasteiger partial charge < -0.3 is 19.5 Å². The van der Waals surface area contributed by atoms with Crippen molar-refractivity contribution in [1.82, 2.24) is 15.0 Å². The van der Waals surface area contributed by atoms with E-state index in [1.807, 2.05) is 6.07 Å². The van der Waals surface area contributed by atoms with Gasteiger partial charge in [0, 0.05) is 18.9 Å². The second kappa shape index (κ2) is 7.61. The predicted molar refractivity (Wildman–Crippen MR) is 78.5 cm³/mol. The first-order valence-corrected chi connectivity index (χ1v) is 6.52.